The number of halogens is 1. The van der Waals surface area contributed by atoms with Crippen LogP contribution >= 0.6 is 11.6 Å². The number of para-hydroxylation sites is 1. The first-order valence-corrected chi connectivity index (χ1v) is 4.66. The molecule has 0 spiro atoms. The van der Waals surface area contributed by atoms with Crippen LogP contribution in [0.3, 0.4) is 0 Å². The fraction of sp³-hybridized carbons (Fsp3) is 0.300. The molecule has 0 aliphatic rings. The van der Waals surface area contributed by atoms with E-state index in [1.165, 1.54) is 0 Å². The van der Waals surface area contributed by atoms with E-state index in [1.807, 2.05) is 24.3 Å². The maximum absolute atomic E-state index is 8.52. The summed E-state index contributed by atoms with van der Waals surface area (Å²) in [5.41, 5.74) is 6.90. The molecular weight excluding hydrogens is 198 g/mol. The average molecular weight is 210 g/mol. The molecule has 0 bridgehead atoms. The summed E-state index contributed by atoms with van der Waals surface area (Å²) < 4.78 is 0. The maximum Gasteiger partial charge on any atom is 0.113 e. The van der Waals surface area contributed by atoms with Crippen molar-refractivity contribution in [1.82, 2.24) is 4.90 Å². The van der Waals surface area contributed by atoms with Gasteiger partial charge in [0, 0.05) is 11.3 Å². The van der Waals surface area contributed by atoms with Crippen LogP contribution in [0.1, 0.15) is 11.1 Å². The summed E-state index contributed by atoms with van der Waals surface area (Å²) in [6.07, 6.45) is 0. The van der Waals surface area contributed by atoms with Gasteiger partial charge in [-0.3, -0.25) is 4.90 Å². The molecule has 1 atom stereocenters. The lowest BCUT2D eigenvalue weighted by molar-refractivity contribution is 0.352. The number of nitrogens with zero attached hydrogens (tertiary/aromatic N) is 2. The lowest BCUT2D eigenvalue weighted by Gasteiger charge is -2.21. The summed E-state index contributed by atoms with van der Waals surface area (Å²) in [6.45, 7) is 0.280. The Morgan fingerprint density at radius 2 is 2.21 bits per heavy atom. The van der Waals surface area contributed by atoms with Gasteiger partial charge in [0.15, 0.2) is 0 Å². The molecule has 2 N–H and O–H groups in total. The molecule has 0 aromatic heterocycles. The van der Waals surface area contributed by atoms with Crippen molar-refractivity contribution in [2.75, 3.05) is 19.3 Å². The third-order valence-corrected chi connectivity index (χ3v) is 2.53. The molecule has 74 valence electrons. The van der Waals surface area contributed by atoms with Gasteiger partial charge in [-0.25, -0.2) is 0 Å². The number of hydrogen-bond acceptors (Lipinski definition) is 3. The Kier molecular flexibility index (Phi) is 3.75. The molecule has 0 saturated carbocycles. The molecule has 0 fully saturated rings. The molecule has 0 saturated heterocycles. The van der Waals surface area contributed by atoms with E-state index in [4.69, 9.17) is 22.6 Å². The molecule has 1 aromatic carbocycles. The van der Waals surface area contributed by atoms with Crippen molar-refractivity contribution in [3.63, 3.8) is 0 Å². The van der Waals surface area contributed by atoms with Gasteiger partial charge in [-0.1, -0.05) is 18.2 Å². The molecule has 3 nitrogen and oxygen atoms in total. The zero-order chi connectivity index (χ0) is 10.6. The second-order valence-corrected chi connectivity index (χ2v) is 3.45. The minimum atomic E-state index is -0.351. The highest BCUT2D eigenvalue weighted by Gasteiger charge is 2.15. The van der Waals surface area contributed by atoms with Crippen LogP contribution in [-0.2, 0) is 0 Å². The van der Waals surface area contributed by atoms with Gasteiger partial charge in [0.05, 0.1) is 12.6 Å². The fourth-order valence-electron chi connectivity index (χ4n) is 1.16. The Morgan fingerprint density at radius 3 is 2.79 bits per heavy atom. The molecule has 0 radical (unpaired) electrons. The SMILES string of the molecule is CN(CC#N)C(Cl)c1ccccc1N. The molecule has 0 aliphatic heterocycles. The van der Waals surface area contributed by atoms with Gasteiger partial charge in [-0.05, 0) is 13.1 Å². The average Bonchev–Trinajstić information content (AvgIpc) is 2.18. The second kappa shape index (κ2) is 4.85. The third kappa shape index (κ3) is 2.38. The number of benzene rings is 1. The summed E-state index contributed by atoms with van der Waals surface area (Å²) in [5.74, 6) is 0. The first-order chi connectivity index (χ1) is 6.66. The first-order valence-electron chi connectivity index (χ1n) is 4.22. The number of nitrogen functional groups attached to an aromatic ring is 1. The predicted octanol–water partition coefficient (Wildman–Crippen LogP) is 1.96. The molecule has 0 amide bonds. The topological polar surface area (TPSA) is 53.0 Å². The normalized spacial score (nSPS) is 12.4. The number of alkyl halides is 1. The van der Waals surface area contributed by atoms with E-state index in [9.17, 15) is 0 Å². The minimum Gasteiger partial charge on any atom is -0.398 e. The highest BCUT2D eigenvalue weighted by Crippen LogP contribution is 2.27. The van der Waals surface area contributed by atoms with Crippen LogP contribution in [0.2, 0.25) is 0 Å². The smallest absolute Gasteiger partial charge is 0.113 e. The van der Waals surface area contributed by atoms with E-state index < -0.39 is 0 Å². The van der Waals surface area contributed by atoms with Crippen LogP contribution in [0, 0.1) is 11.3 Å². The molecule has 14 heavy (non-hydrogen) atoms. The Balaban J connectivity index is 2.84. The van der Waals surface area contributed by atoms with E-state index in [0.717, 1.165) is 5.56 Å². The van der Waals surface area contributed by atoms with Crippen LogP contribution in [0.4, 0.5) is 5.69 Å². The highest BCUT2D eigenvalue weighted by atomic mass is 35.5. The zero-order valence-electron chi connectivity index (χ0n) is 7.94. The van der Waals surface area contributed by atoms with Crippen molar-refractivity contribution >= 4 is 17.3 Å². The van der Waals surface area contributed by atoms with Gasteiger partial charge in [0.1, 0.15) is 5.50 Å². The lowest BCUT2D eigenvalue weighted by Crippen LogP contribution is -2.21. The number of nitrogens with two attached hydrogens (primary N) is 1. The van der Waals surface area contributed by atoms with E-state index in [-0.39, 0.29) is 12.0 Å². The van der Waals surface area contributed by atoms with Gasteiger partial charge < -0.3 is 5.73 Å². The van der Waals surface area contributed by atoms with Crippen molar-refractivity contribution in [3.05, 3.63) is 29.8 Å². The molecule has 1 aromatic rings. The fourth-order valence-corrected chi connectivity index (χ4v) is 1.42. The Morgan fingerprint density at radius 1 is 1.57 bits per heavy atom. The molecule has 0 heterocycles. The highest BCUT2D eigenvalue weighted by molar-refractivity contribution is 6.20. The number of hydrogen-bond donors (Lipinski definition) is 1. The summed E-state index contributed by atoms with van der Waals surface area (Å²) in [7, 11) is 1.79. The largest absolute Gasteiger partial charge is 0.398 e. The van der Waals surface area contributed by atoms with Gasteiger partial charge in [-0.15, -0.1) is 11.6 Å². The van der Waals surface area contributed by atoms with E-state index >= 15 is 0 Å². The molecule has 0 aliphatic carbocycles. The Bertz CT molecular complexity index is 345. The van der Waals surface area contributed by atoms with Crippen LogP contribution in [-0.4, -0.2) is 18.5 Å². The van der Waals surface area contributed by atoms with Crippen molar-refractivity contribution in [1.29, 1.82) is 5.26 Å². The van der Waals surface area contributed by atoms with Crippen molar-refractivity contribution < 1.29 is 0 Å². The van der Waals surface area contributed by atoms with Gasteiger partial charge >= 0.3 is 0 Å². The minimum absolute atomic E-state index is 0.280. The summed E-state index contributed by atoms with van der Waals surface area (Å²) in [4.78, 5) is 1.73. The lowest BCUT2D eigenvalue weighted by atomic mass is 10.1. The Hall–Kier alpha value is -1.24. The van der Waals surface area contributed by atoms with Gasteiger partial charge in [0.25, 0.3) is 0 Å². The van der Waals surface area contributed by atoms with E-state index in [2.05, 4.69) is 0 Å². The monoisotopic (exact) mass is 209 g/mol. The number of anilines is 1. The van der Waals surface area contributed by atoms with Crippen molar-refractivity contribution in [2.45, 2.75) is 5.50 Å². The van der Waals surface area contributed by atoms with Crippen LogP contribution in [0.15, 0.2) is 24.3 Å². The molecule has 4 heteroatoms. The third-order valence-electron chi connectivity index (χ3n) is 1.96. The van der Waals surface area contributed by atoms with Crippen molar-refractivity contribution in [3.8, 4) is 6.07 Å². The van der Waals surface area contributed by atoms with Crippen LogP contribution in [0.5, 0.6) is 0 Å². The Labute approximate surface area is 88.7 Å². The molecule has 1 unspecified atom stereocenters. The number of nitriles is 1. The van der Waals surface area contributed by atoms with E-state index in [1.54, 1.807) is 18.0 Å². The summed E-state index contributed by atoms with van der Waals surface area (Å²) in [5, 5.41) is 8.52. The van der Waals surface area contributed by atoms with Crippen LogP contribution in [0.25, 0.3) is 0 Å². The van der Waals surface area contributed by atoms with Gasteiger partial charge in [0.2, 0.25) is 0 Å². The summed E-state index contributed by atoms with van der Waals surface area (Å²) >= 11 is 6.14. The van der Waals surface area contributed by atoms with E-state index in [0.29, 0.717) is 5.69 Å². The second-order valence-electron chi connectivity index (χ2n) is 3.04. The maximum atomic E-state index is 8.52. The quantitative estimate of drug-likeness (QED) is 0.358. The standard InChI is InChI=1S/C10H12ClN3/c1-14(7-6-12)10(11)8-4-2-3-5-9(8)13/h2-5,10H,7,13H2,1H3. The molecule has 1 rings (SSSR count). The zero-order valence-corrected chi connectivity index (χ0v) is 8.70. The number of rotatable bonds is 3. The first kappa shape index (κ1) is 10.8. The van der Waals surface area contributed by atoms with Crippen LogP contribution < -0.4 is 5.73 Å². The summed E-state index contributed by atoms with van der Waals surface area (Å²) in [6, 6.07) is 9.43. The molecular formula is C10H12ClN3. The van der Waals surface area contributed by atoms with Crippen molar-refractivity contribution in [2.24, 2.45) is 0 Å². The van der Waals surface area contributed by atoms with Gasteiger partial charge in [-0.2, -0.15) is 5.26 Å². The predicted molar refractivity (Wildman–Crippen MR) is 57.7 cm³/mol.